The molecule has 1 aromatic rings. The van der Waals surface area contributed by atoms with Gasteiger partial charge in [-0.3, -0.25) is 10.1 Å². The van der Waals surface area contributed by atoms with Gasteiger partial charge < -0.3 is 0 Å². The average molecular weight is 190 g/mol. The van der Waals surface area contributed by atoms with Gasteiger partial charge in [0, 0.05) is 0 Å². The Bertz CT molecular complexity index is 317. The molecule has 0 aromatic heterocycles. The first-order chi connectivity index (χ1) is 5.52. The quantitative estimate of drug-likeness (QED) is 0.504. The van der Waals surface area contributed by atoms with Crippen molar-refractivity contribution in [2.75, 3.05) is 0 Å². The van der Waals surface area contributed by atoms with Crippen LogP contribution in [0.4, 0.5) is 10.1 Å². The van der Waals surface area contributed by atoms with E-state index in [9.17, 15) is 14.5 Å². The van der Waals surface area contributed by atoms with E-state index in [1.165, 1.54) is 6.07 Å². The maximum atomic E-state index is 12.8. The third-order valence-electron chi connectivity index (χ3n) is 1.34. The standard InChI is InChI=1S/C7H5ClFNO2/c1-4-2-5(8)7(10(11)12)6(9)3-4/h2-3H,1H3. The number of halogens is 2. The molecule has 0 fully saturated rings. The van der Waals surface area contributed by atoms with E-state index in [0.717, 1.165) is 6.07 Å². The summed E-state index contributed by atoms with van der Waals surface area (Å²) in [7, 11) is 0. The molecule has 64 valence electrons. The Morgan fingerprint density at radius 3 is 2.58 bits per heavy atom. The normalized spacial score (nSPS) is 9.92. The number of nitrogens with zero attached hydrogens (tertiary/aromatic N) is 1. The highest BCUT2D eigenvalue weighted by Crippen LogP contribution is 2.28. The van der Waals surface area contributed by atoms with Gasteiger partial charge in [0.15, 0.2) is 0 Å². The van der Waals surface area contributed by atoms with E-state index < -0.39 is 16.4 Å². The summed E-state index contributed by atoms with van der Waals surface area (Å²) in [6, 6.07) is 2.42. The summed E-state index contributed by atoms with van der Waals surface area (Å²) in [4.78, 5) is 9.40. The summed E-state index contributed by atoms with van der Waals surface area (Å²) in [6.45, 7) is 1.61. The van der Waals surface area contributed by atoms with Gasteiger partial charge in [-0.2, -0.15) is 4.39 Å². The molecule has 0 amide bonds. The molecule has 0 aliphatic heterocycles. The Labute approximate surface area is 72.9 Å². The van der Waals surface area contributed by atoms with E-state index >= 15 is 0 Å². The molecule has 0 aliphatic carbocycles. The Balaban J connectivity index is 3.38. The smallest absolute Gasteiger partial charge is 0.258 e. The largest absolute Gasteiger partial charge is 0.323 e. The van der Waals surface area contributed by atoms with Crippen LogP contribution in [0, 0.1) is 22.9 Å². The van der Waals surface area contributed by atoms with Crippen molar-refractivity contribution in [2.24, 2.45) is 0 Å². The summed E-state index contributed by atoms with van der Waals surface area (Å²) < 4.78 is 12.8. The number of nitro groups is 1. The van der Waals surface area contributed by atoms with Crippen molar-refractivity contribution < 1.29 is 9.31 Å². The monoisotopic (exact) mass is 189 g/mol. The number of hydrogen-bond donors (Lipinski definition) is 0. The Hall–Kier alpha value is -1.16. The van der Waals surface area contributed by atoms with Gasteiger partial charge in [-0.1, -0.05) is 11.6 Å². The maximum Gasteiger partial charge on any atom is 0.323 e. The van der Waals surface area contributed by atoms with Crippen molar-refractivity contribution >= 4 is 17.3 Å². The number of benzene rings is 1. The maximum absolute atomic E-state index is 12.8. The Morgan fingerprint density at radius 1 is 1.58 bits per heavy atom. The summed E-state index contributed by atoms with van der Waals surface area (Å²) >= 11 is 5.45. The molecule has 0 aliphatic rings. The molecule has 0 bridgehead atoms. The van der Waals surface area contributed by atoms with E-state index in [2.05, 4.69) is 0 Å². The zero-order valence-electron chi connectivity index (χ0n) is 6.17. The molecule has 1 aromatic carbocycles. The average Bonchev–Trinajstić information content (AvgIpc) is 1.82. The number of nitro benzene ring substituents is 1. The van der Waals surface area contributed by atoms with Crippen LogP contribution in [-0.2, 0) is 0 Å². The molecule has 0 saturated carbocycles. The third kappa shape index (κ3) is 1.53. The van der Waals surface area contributed by atoms with E-state index in [0.29, 0.717) is 5.56 Å². The van der Waals surface area contributed by atoms with Gasteiger partial charge in [0.05, 0.1) is 4.92 Å². The predicted molar refractivity (Wildman–Crippen MR) is 42.8 cm³/mol. The summed E-state index contributed by atoms with van der Waals surface area (Å²) in [5, 5.41) is 10.1. The zero-order chi connectivity index (χ0) is 9.30. The lowest BCUT2D eigenvalue weighted by Crippen LogP contribution is -1.94. The molecular formula is C7H5ClFNO2. The number of aryl methyl sites for hydroxylation is 1. The second kappa shape index (κ2) is 3.06. The van der Waals surface area contributed by atoms with Crippen molar-refractivity contribution in [3.63, 3.8) is 0 Å². The molecule has 1 rings (SSSR count). The first-order valence-electron chi connectivity index (χ1n) is 3.12. The van der Waals surface area contributed by atoms with Gasteiger partial charge in [-0.05, 0) is 24.6 Å². The number of hydrogen-bond acceptors (Lipinski definition) is 2. The zero-order valence-corrected chi connectivity index (χ0v) is 6.93. The molecule has 0 heterocycles. The lowest BCUT2D eigenvalue weighted by Gasteiger charge is -1.97. The van der Waals surface area contributed by atoms with Gasteiger partial charge in [0.2, 0.25) is 5.82 Å². The van der Waals surface area contributed by atoms with Crippen molar-refractivity contribution in [3.05, 3.63) is 38.7 Å². The van der Waals surface area contributed by atoms with Gasteiger partial charge in [0.25, 0.3) is 0 Å². The summed E-state index contributed by atoms with van der Waals surface area (Å²) in [5.41, 5.74) is -0.106. The van der Waals surface area contributed by atoms with Crippen LogP contribution < -0.4 is 0 Å². The molecule has 0 saturated heterocycles. The molecular weight excluding hydrogens is 185 g/mol. The van der Waals surface area contributed by atoms with Gasteiger partial charge in [0.1, 0.15) is 5.02 Å². The van der Waals surface area contributed by atoms with Gasteiger partial charge in [-0.25, -0.2) is 0 Å². The molecule has 12 heavy (non-hydrogen) atoms. The minimum absolute atomic E-state index is 0.169. The fourth-order valence-corrected chi connectivity index (χ4v) is 1.20. The molecule has 0 spiro atoms. The van der Waals surface area contributed by atoms with E-state index in [4.69, 9.17) is 11.6 Å². The van der Waals surface area contributed by atoms with Crippen molar-refractivity contribution in [3.8, 4) is 0 Å². The third-order valence-corrected chi connectivity index (χ3v) is 1.63. The van der Waals surface area contributed by atoms with Crippen molar-refractivity contribution in [1.29, 1.82) is 0 Å². The van der Waals surface area contributed by atoms with E-state index in [1.807, 2.05) is 0 Å². The van der Waals surface area contributed by atoms with Crippen LogP contribution in [0.1, 0.15) is 5.56 Å². The highest BCUT2D eigenvalue weighted by molar-refractivity contribution is 6.32. The highest BCUT2D eigenvalue weighted by atomic mass is 35.5. The minimum atomic E-state index is -0.898. The highest BCUT2D eigenvalue weighted by Gasteiger charge is 2.18. The molecule has 3 nitrogen and oxygen atoms in total. The van der Waals surface area contributed by atoms with Crippen LogP contribution in [0.25, 0.3) is 0 Å². The topological polar surface area (TPSA) is 43.1 Å². The molecule has 5 heteroatoms. The fourth-order valence-electron chi connectivity index (χ4n) is 0.867. The summed E-state index contributed by atoms with van der Waals surface area (Å²) in [5.74, 6) is -0.898. The second-order valence-corrected chi connectivity index (χ2v) is 2.74. The molecule has 0 N–H and O–H groups in total. The Morgan fingerprint density at radius 2 is 2.17 bits per heavy atom. The first-order valence-corrected chi connectivity index (χ1v) is 3.50. The van der Waals surface area contributed by atoms with E-state index in [1.54, 1.807) is 6.92 Å². The Kier molecular flexibility index (Phi) is 2.28. The van der Waals surface area contributed by atoms with Crippen LogP contribution >= 0.6 is 11.6 Å². The van der Waals surface area contributed by atoms with Crippen LogP contribution in [0.2, 0.25) is 5.02 Å². The first kappa shape index (κ1) is 8.93. The van der Waals surface area contributed by atoms with Gasteiger partial charge in [-0.15, -0.1) is 0 Å². The van der Waals surface area contributed by atoms with Crippen LogP contribution in [-0.4, -0.2) is 4.92 Å². The molecule has 0 atom stereocenters. The lowest BCUT2D eigenvalue weighted by molar-refractivity contribution is -0.387. The fraction of sp³-hybridized carbons (Fsp3) is 0.143. The predicted octanol–water partition coefficient (Wildman–Crippen LogP) is 2.70. The van der Waals surface area contributed by atoms with Crippen LogP contribution in [0.15, 0.2) is 12.1 Å². The molecule has 0 radical (unpaired) electrons. The minimum Gasteiger partial charge on any atom is -0.258 e. The van der Waals surface area contributed by atoms with Gasteiger partial charge >= 0.3 is 5.69 Å². The van der Waals surface area contributed by atoms with Crippen LogP contribution in [0.3, 0.4) is 0 Å². The molecule has 0 unspecified atom stereocenters. The second-order valence-electron chi connectivity index (χ2n) is 2.33. The van der Waals surface area contributed by atoms with Crippen molar-refractivity contribution in [2.45, 2.75) is 6.92 Å². The van der Waals surface area contributed by atoms with Crippen LogP contribution in [0.5, 0.6) is 0 Å². The number of rotatable bonds is 1. The SMILES string of the molecule is Cc1cc(F)c([N+](=O)[O-])c(Cl)c1. The summed E-state index contributed by atoms with van der Waals surface area (Å²) in [6.07, 6.45) is 0. The van der Waals surface area contributed by atoms with E-state index in [-0.39, 0.29) is 5.02 Å². The van der Waals surface area contributed by atoms with Crippen molar-refractivity contribution in [1.82, 2.24) is 0 Å². The lowest BCUT2D eigenvalue weighted by atomic mass is 10.2.